The molecule has 4 aliphatic carbocycles. The largest absolute Gasteiger partial charge is 0.332 e. The Labute approximate surface area is 124 Å². The third-order valence-corrected chi connectivity index (χ3v) is 6.98. The number of nitrogens with zero attached hydrogens (tertiary/aromatic N) is 1. The lowest BCUT2D eigenvalue weighted by Gasteiger charge is -2.57. The summed E-state index contributed by atoms with van der Waals surface area (Å²) in [4.78, 5) is 12.0. The van der Waals surface area contributed by atoms with Gasteiger partial charge in [0.2, 0.25) is 0 Å². The number of aromatic nitrogens is 1. The summed E-state index contributed by atoms with van der Waals surface area (Å²) in [5.74, 6) is 2.60. The van der Waals surface area contributed by atoms with Crippen molar-refractivity contribution in [2.75, 3.05) is 5.73 Å². The lowest BCUT2D eigenvalue weighted by Crippen LogP contribution is -2.58. The molecule has 0 saturated heterocycles. The van der Waals surface area contributed by atoms with Gasteiger partial charge in [-0.2, -0.15) is 0 Å². The third-order valence-electron chi connectivity index (χ3n) is 6.09. The molecule has 0 radical (unpaired) electrons. The first-order valence-electron chi connectivity index (χ1n) is 7.82. The molecule has 4 heteroatoms. The zero-order chi connectivity index (χ0) is 13.9. The lowest BCUT2D eigenvalue weighted by molar-refractivity contribution is -0.712. The highest BCUT2D eigenvalue weighted by atomic mass is 32.1. The predicted molar refractivity (Wildman–Crippen MR) is 79.4 cm³/mol. The van der Waals surface area contributed by atoms with Crippen LogP contribution in [0.15, 0.2) is 5.38 Å². The number of anilines is 1. The van der Waals surface area contributed by atoms with Gasteiger partial charge in [-0.1, -0.05) is 11.3 Å². The Morgan fingerprint density at radius 2 is 1.85 bits per heavy atom. The number of nitrogen functional groups attached to an aromatic ring is 1. The van der Waals surface area contributed by atoms with E-state index in [2.05, 4.69) is 16.9 Å². The minimum Gasteiger partial charge on any atom is -0.299 e. The molecule has 5 rings (SSSR count). The number of carbonyl (C=O) groups excluding carboxylic acids is 1. The number of carbonyl (C=O) groups is 1. The topological polar surface area (TPSA) is 47.0 Å². The Hall–Kier alpha value is -0.900. The quantitative estimate of drug-likeness (QED) is 0.687. The van der Waals surface area contributed by atoms with Crippen molar-refractivity contribution in [2.24, 2.45) is 23.2 Å². The zero-order valence-electron chi connectivity index (χ0n) is 12.0. The van der Waals surface area contributed by atoms with Crippen LogP contribution in [0.3, 0.4) is 0 Å². The van der Waals surface area contributed by atoms with E-state index in [4.69, 9.17) is 5.73 Å². The summed E-state index contributed by atoms with van der Waals surface area (Å²) >= 11 is 1.56. The molecular weight excluding hydrogens is 268 g/mol. The van der Waals surface area contributed by atoms with Crippen molar-refractivity contribution < 1.29 is 9.36 Å². The highest BCUT2D eigenvalue weighted by Crippen LogP contribution is 2.62. The van der Waals surface area contributed by atoms with Crippen molar-refractivity contribution in [3.8, 4) is 0 Å². The van der Waals surface area contributed by atoms with Gasteiger partial charge >= 0.3 is 5.13 Å². The highest BCUT2D eigenvalue weighted by Gasteiger charge is 2.56. The van der Waals surface area contributed by atoms with Gasteiger partial charge in [0, 0.05) is 10.8 Å². The van der Waals surface area contributed by atoms with Gasteiger partial charge in [0.05, 0.1) is 0 Å². The smallest absolute Gasteiger partial charge is 0.299 e. The molecule has 0 amide bonds. The van der Waals surface area contributed by atoms with Gasteiger partial charge < -0.3 is 0 Å². The second kappa shape index (κ2) is 4.30. The van der Waals surface area contributed by atoms with Crippen molar-refractivity contribution in [2.45, 2.75) is 51.5 Å². The summed E-state index contributed by atoms with van der Waals surface area (Å²) in [7, 11) is 0. The summed E-state index contributed by atoms with van der Waals surface area (Å²) in [6.45, 7) is 2.07. The summed E-state index contributed by atoms with van der Waals surface area (Å²) in [6.07, 6.45) is 9.14. The van der Waals surface area contributed by atoms with Crippen LogP contribution in [0.2, 0.25) is 0 Å². The average molecular weight is 291 g/mol. The molecule has 0 aromatic carbocycles. The average Bonchev–Trinajstić information content (AvgIpc) is 2.70. The molecule has 0 aliphatic heterocycles. The Morgan fingerprint density at radius 3 is 2.25 bits per heavy atom. The van der Waals surface area contributed by atoms with Crippen LogP contribution in [0.25, 0.3) is 0 Å². The third kappa shape index (κ3) is 1.70. The second-order valence-corrected chi connectivity index (χ2v) is 8.34. The minimum absolute atomic E-state index is 0.0397. The van der Waals surface area contributed by atoms with Crippen LogP contribution in [0.1, 0.15) is 50.3 Å². The number of nitrogens with two attached hydrogens (primary N) is 1. The number of aldehydes is 1. The van der Waals surface area contributed by atoms with Crippen molar-refractivity contribution in [3.05, 3.63) is 11.1 Å². The number of aryl methyl sites for hydroxylation is 1. The summed E-state index contributed by atoms with van der Waals surface area (Å²) < 4.78 is 2.12. The summed E-state index contributed by atoms with van der Waals surface area (Å²) in [5.41, 5.74) is 7.49. The van der Waals surface area contributed by atoms with Crippen LogP contribution in [0, 0.1) is 30.1 Å². The predicted octanol–water partition coefficient (Wildman–Crippen LogP) is 2.88. The monoisotopic (exact) mass is 291 g/mol. The molecular formula is C16H23N2OS+. The fourth-order valence-electron chi connectivity index (χ4n) is 5.81. The molecule has 0 spiro atoms. The molecule has 4 fully saturated rings. The summed E-state index contributed by atoms with van der Waals surface area (Å²) in [5, 5.41) is 2.86. The first-order chi connectivity index (χ1) is 9.61. The molecule has 3 nitrogen and oxygen atoms in total. The van der Waals surface area contributed by atoms with Crippen molar-refractivity contribution in [1.29, 1.82) is 0 Å². The van der Waals surface area contributed by atoms with Gasteiger partial charge in [-0.05, 0) is 63.2 Å². The van der Waals surface area contributed by atoms with Crippen LogP contribution in [0.4, 0.5) is 5.13 Å². The van der Waals surface area contributed by atoms with Crippen LogP contribution < -0.4 is 10.3 Å². The van der Waals surface area contributed by atoms with Crippen molar-refractivity contribution >= 4 is 22.8 Å². The van der Waals surface area contributed by atoms with E-state index in [0.29, 0.717) is 0 Å². The molecule has 1 heterocycles. The van der Waals surface area contributed by atoms with E-state index in [9.17, 15) is 4.79 Å². The van der Waals surface area contributed by atoms with Gasteiger partial charge in [-0.25, -0.2) is 4.57 Å². The molecule has 2 N–H and O–H groups in total. The van der Waals surface area contributed by atoms with Gasteiger partial charge in [-0.15, -0.1) is 0 Å². The summed E-state index contributed by atoms with van der Waals surface area (Å²) in [6, 6.07) is -0.0397. The molecule has 1 atom stereocenters. The van der Waals surface area contributed by atoms with Crippen molar-refractivity contribution in [3.63, 3.8) is 0 Å². The van der Waals surface area contributed by atoms with E-state index in [-0.39, 0.29) is 11.5 Å². The number of hydrogen-bond donors (Lipinski definition) is 1. The fraction of sp³-hybridized carbons (Fsp3) is 0.750. The Morgan fingerprint density at radius 1 is 1.30 bits per heavy atom. The van der Waals surface area contributed by atoms with Crippen LogP contribution in [-0.2, 0) is 4.79 Å². The van der Waals surface area contributed by atoms with Crippen LogP contribution >= 0.6 is 11.3 Å². The number of rotatable bonds is 3. The van der Waals surface area contributed by atoms with Gasteiger partial charge in [0.1, 0.15) is 5.69 Å². The van der Waals surface area contributed by atoms with Gasteiger partial charge in [-0.3, -0.25) is 10.5 Å². The van der Waals surface area contributed by atoms with E-state index < -0.39 is 0 Å². The first-order valence-corrected chi connectivity index (χ1v) is 8.69. The van der Waals surface area contributed by atoms with Crippen LogP contribution in [0.5, 0.6) is 0 Å². The molecule has 1 unspecified atom stereocenters. The Balaban J connectivity index is 1.76. The van der Waals surface area contributed by atoms with Gasteiger partial charge in [0.25, 0.3) is 0 Å². The standard InChI is InChI=1S/C16H22N2OS/c1-10-9-20-15(17)18(10)14(8-19)16-5-11-2-12(6-16)4-13(3-11)7-16/h8-9,11-14,17H,2-7H2,1H3/p+1. The minimum atomic E-state index is -0.0397. The molecule has 4 aliphatic rings. The molecule has 4 bridgehead atoms. The second-order valence-electron chi connectivity index (χ2n) is 7.45. The van der Waals surface area contributed by atoms with E-state index in [1.54, 1.807) is 11.3 Å². The molecule has 20 heavy (non-hydrogen) atoms. The van der Waals surface area contributed by atoms with E-state index in [1.807, 2.05) is 0 Å². The van der Waals surface area contributed by atoms with Crippen molar-refractivity contribution in [1.82, 2.24) is 0 Å². The highest BCUT2D eigenvalue weighted by molar-refractivity contribution is 7.13. The molecule has 1 aromatic rings. The maximum Gasteiger partial charge on any atom is 0.332 e. The van der Waals surface area contributed by atoms with E-state index >= 15 is 0 Å². The number of thiazole rings is 1. The maximum absolute atomic E-state index is 12.0. The number of hydrogen-bond acceptors (Lipinski definition) is 3. The Bertz CT molecular complexity index is 496. The molecule has 1 aromatic heterocycles. The SMILES string of the molecule is Cc1csc(N)[n+]1C(C=O)C12CC3CC(CC(C3)C1)C2. The molecule has 108 valence electrons. The normalized spacial score (nSPS) is 40.0. The van der Waals surface area contributed by atoms with E-state index in [0.717, 1.165) is 28.6 Å². The van der Waals surface area contributed by atoms with Gasteiger partial charge in [0.15, 0.2) is 12.3 Å². The van der Waals surface area contributed by atoms with Crippen LogP contribution in [-0.4, -0.2) is 6.29 Å². The fourth-order valence-corrected chi connectivity index (χ4v) is 6.58. The molecule has 4 saturated carbocycles. The first kappa shape index (κ1) is 12.8. The lowest BCUT2D eigenvalue weighted by atomic mass is 9.48. The maximum atomic E-state index is 12.0. The zero-order valence-corrected chi connectivity index (χ0v) is 12.9. The van der Waals surface area contributed by atoms with E-state index in [1.165, 1.54) is 44.8 Å². The Kier molecular flexibility index (Phi) is 2.75.